The van der Waals surface area contributed by atoms with E-state index in [0.717, 1.165) is 6.20 Å². The average molecular weight is 205 g/mol. The normalized spacial score (nSPS) is 11.3. The maximum absolute atomic E-state index is 12.9. The van der Waals surface area contributed by atoms with Crippen molar-refractivity contribution >= 4 is 23.0 Å². The molecule has 0 radical (unpaired) electrons. The summed E-state index contributed by atoms with van der Waals surface area (Å²) in [6, 6.07) is 1.35. The van der Waals surface area contributed by atoms with Crippen molar-refractivity contribution in [2.45, 2.75) is 0 Å². The Hall–Kier alpha value is -2.17. The molecule has 0 atom stereocenters. The van der Waals surface area contributed by atoms with Gasteiger partial charge < -0.3 is 10.7 Å². The fraction of sp³-hybridized carbons (Fsp3) is 0. The predicted octanol–water partition coefficient (Wildman–Crippen LogP) is 1.20. The first-order valence-electron chi connectivity index (χ1n) is 4.27. The van der Waals surface area contributed by atoms with Gasteiger partial charge in [-0.1, -0.05) is 0 Å². The molecule has 0 saturated heterocycles. The summed E-state index contributed by atoms with van der Waals surface area (Å²) in [5.74, 6) is -0.968. The number of halogens is 1. The Kier molecular flexibility index (Phi) is 2.21. The third kappa shape index (κ3) is 1.85. The zero-order valence-electron chi connectivity index (χ0n) is 7.70. The molecule has 15 heavy (non-hydrogen) atoms. The largest absolute Gasteiger partial charge is 0.366 e. The molecule has 2 heterocycles. The summed E-state index contributed by atoms with van der Waals surface area (Å²) in [6.07, 6.45) is 5.49. The topological polar surface area (TPSA) is 71.8 Å². The molecule has 0 aliphatic carbocycles. The lowest BCUT2D eigenvalue weighted by atomic mass is 10.2. The summed E-state index contributed by atoms with van der Waals surface area (Å²) in [7, 11) is 0. The minimum Gasteiger partial charge on any atom is -0.366 e. The molecule has 0 aliphatic heterocycles. The number of H-pyrrole nitrogens is 1. The predicted molar refractivity (Wildman–Crippen MR) is 54.3 cm³/mol. The Labute approximate surface area is 84.6 Å². The molecule has 0 spiro atoms. The van der Waals surface area contributed by atoms with Gasteiger partial charge in [-0.15, -0.1) is 0 Å². The van der Waals surface area contributed by atoms with Crippen LogP contribution in [0.1, 0.15) is 5.56 Å². The number of nitrogens with one attached hydrogen (secondary N) is 1. The molecule has 4 nitrogen and oxygen atoms in total. The number of aromatic amines is 1. The van der Waals surface area contributed by atoms with Gasteiger partial charge in [0.05, 0.1) is 6.20 Å². The molecule has 76 valence electrons. The van der Waals surface area contributed by atoms with Crippen LogP contribution >= 0.6 is 0 Å². The summed E-state index contributed by atoms with van der Waals surface area (Å²) >= 11 is 0. The first-order valence-corrected chi connectivity index (χ1v) is 4.27. The smallest absolute Gasteiger partial charge is 0.241 e. The van der Waals surface area contributed by atoms with E-state index in [1.165, 1.54) is 18.2 Å². The number of carbonyl (C=O) groups excluding carboxylic acids is 1. The molecule has 5 heteroatoms. The van der Waals surface area contributed by atoms with Gasteiger partial charge >= 0.3 is 0 Å². The molecular weight excluding hydrogens is 197 g/mol. The number of rotatable bonds is 2. The van der Waals surface area contributed by atoms with Crippen LogP contribution in [0.25, 0.3) is 17.1 Å². The first-order chi connectivity index (χ1) is 7.16. The van der Waals surface area contributed by atoms with Gasteiger partial charge in [-0.25, -0.2) is 9.37 Å². The van der Waals surface area contributed by atoms with Crippen molar-refractivity contribution in [1.82, 2.24) is 9.97 Å². The molecule has 0 unspecified atom stereocenters. The second-order valence-electron chi connectivity index (χ2n) is 3.03. The third-order valence-electron chi connectivity index (χ3n) is 1.96. The van der Waals surface area contributed by atoms with Crippen molar-refractivity contribution in [2.75, 3.05) is 0 Å². The highest BCUT2D eigenvalue weighted by Gasteiger charge is 2.03. The van der Waals surface area contributed by atoms with Gasteiger partial charge in [0, 0.05) is 23.2 Å². The molecule has 0 saturated carbocycles. The van der Waals surface area contributed by atoms with Gasteiger partial charge in [-0.2, -0.15) is 0 Å². The lowest BCUT2D eigenvalue weighted by Crippen LogP contribution is -2.04. The second kappa shape index (κ2) is 3.53. The number of carbonyl (C=O) groups is 1. The number of nitrogens with zero attached hydrogens (tertiary/aromatic N) is 1. The quantitative estimate of drug-likeness (QED) is 0.723. The van der Waals surface area contributed by atoms with Crippen LogP contribution in [0.3, 0.4) is 0 Å². The van der Waals surface area contributed by atoms with E-state index in [1.54, 1.807) is 6.20 Å². The molecule has 0 aliphatic rings. The summed E-state index contributed by atoms with van der Waals surface area (Å²) in [4.78, 5) is 17.2. The second-order valence-corrected chi connectivity index (χ2v) is 3.03. The molecule has 2 aromatic heterocycles. The molecule has 2 aromatic rings. The van der Waals surface area contributed by atoms with Crippen LogP contribution in [0.2, 0.25) is 0 Å². The lowest BCUT2D eigenvalue weighted by Gasteiger charge is -1.91. The van der Waals surface area contributed by atoms with E-state index in [4.69, 9.17) is 5.73 Å². The van der Waals surface area contributed by atoms with Crippen LogP contribution in [0.4, 0.5) is 4.39 Å². The average Bonchev–Trinajstić information content (AvgIpc) is 2.57. The maximum atomic E-state index is 12.9. The molecule has 3 N–H and O–H groups in total. The fourth-order valence-electron chi connectivity index (χ4n) is 1.31. The van der Waals surface area contributed by atoms with E-state index in [2.05, 4.69) is 9.97 Å². The highest BCUT2D eigenvalue weighted by atomic mass is 19.1. The lowest BCUT2D eigenvalue weighted by molar-refractivity contribution is -0.113. The number of hydrogen-bond donors (Lipinski definition) is 2. The van der Waals surface area contributed by atoms with Crippen LogP contribution in [-0.2, 0) is 4.79 Å². The van der Waals surface area contributed by atoms with Gasteiger partial charge in [0.25, 0.3) is 0 Å². The monoisotopic (exact) mass is 205 g/mol. The van der Waals surface area contributed by atoms with Gasteiger partial charge in [0.2, 0.25) is 5.91 Å². The number of amides is 1. The van der Waals surface area contributed by atoms with Gasteiger partial charge in [-0.05, 0) is 12.1 Å². The molecule has 1 amide bonds. The molecule has 2 rings (SSSR count). The minimum atomic E-state index is -0.547. The van der Waals surface area contributed by atoms with Gasteiger partial charge in [-0.3, -0.25) is 4.79 Å². The first kappa shape index (κ1) is 9.39. The number of nitrogens with two attached hydrogens (primary N) is 1. The SMILES string of the molecule is NC(=O)/C=C/c1c[nH]c2ncc(F)cc12. The molecule has 0 bridgehead atoms. The summed E-state index contributed by atoms with van der Waals surface area (Å²) in [5.41, 5.74) is 6.20. The van der Waals surface area contributed by atoms with Crippen molar-refractivity contribution in [3.05, 3.63) is 35.9 Å². The Morgan fingerprint density at radius 2 is 2.40 bits per heavy atom. The summed E-state index contributed by atoms with van der Waals surface area (Å²) in [5, 5.41) is 0.618. The zero-order chi connectivity index (χ0) is 10.8. The molecular formula is C10H8FN3O. The third-order valence-corrected chi connectivity index (χ3v) is 1.96. The van der Waals surface area contributed by atoms with Crippen LogP contribution in [0.15, 0.2) is 24.5 Å². The molecule has 0 fully saturated rings. The Morgan fingerprint density at radius 3 is 3.13 bits per heavy atom. The van der Waals surface area contributed by atoms with Crippen LogP contribution < -0.4 is 5.73 Å². The van der Waals surface area contributed by atoms with Crippen molar-refractivity contribution < 1.29 is 9.18 Å². The van der Waals surface area contributed by atoms with Crippen LogP contribution in [0.5, 0.6) is 0 Å². The molecule has 0 aromatic carbocycles. The zero-order valence-corrected chi connectivity index (χ0v) is 7.70. The van der Waals surface area contributed by atoms with Gasteiger partial charge in [0.1, 0.15) is 11.5 Å². The van der Waals surface area contributed by atoms with E-state index in [1.807, 2.05) is 0 Å². The maximum Gasteiger partial charge on any atom is 0.241 e. The van der Waals surface area contributed by atoms with E-state index < -0.39 is 11.7 Å². The van der Waals surface area contributed by atoms with E-state index in [-0.39, 0.29) is 0 Å². The summed E-state index contributed by atoms with van der Waals surface area (Å²) in [6.45, 7) is 0. The van der Waals surface area contributed by atoms with Crippen LogP contribution in [0, 0.1) is 5.82 Å². The van der Waals surface area contributed by atoms with E-state index in [9.17, 15) is 9.18 Å². The number of fused-ring (bicyclic) bond motifs is 1. The Morgan fingerprint density at radius 1 is 1.60 bits per heavy atom. The van der Waals surface area contributed by atoms with Gasteiger partial charge in [0.15, 0.2) is 0 Å². The van der Waals surface area contributed by atoms with Crippen molar-refractivity contribution in [2.24, 2.45) is 5.73 Å². The van der Waals surface area contributed by atoms with Crippen molar-refractivity contribution in [1.29, 1.82) is 0 Å². The highest BCUT2D eigenvalue weighted by Crippen LogP contribution is 2.18. The van der Waals surface area contributed by atoms with Crippen molar-refractivity contribution in [3.8, 4) is 0 Å². The van der Waals surface area contributed by atoms with Crippen LogP contribution in [-0.4, -0.2) is 15.9 Å². The number of aromatic nitrogens is 2. The van der Waals surface area contributed by atoms with Crippen molar-refractivity contribution in [3.63, 3.8) is 0 Å². The highest BCUT2D eigenvalue weighted by molar-refractivity contribution is 5.94. The standard InChI is InChI=1S/C10H8FN3O/c11-7-3-8-6(1-2-9(12)15)4-13-10(8)14-5-7/h1-5H,(H2,12,15)(H,13,14)/b2-1+. The Balaban J connectivity index is 2.52. The van der Waals surface area contributed by atoms with E-state index in [0.29, 0.717) is 16.6 Å². The number of hydrogen-bond acceptors (Lipinski definition) is 2. The van der Waals surface area contributed by atoms with E-state index >= 15 is 0 Å². The Bertz CT molecular complexity index is 545. The minimum absolute atomic E-state index is 0.421. The number of primary amides is 1. The number of pyridine rings is 1. The summed E-state index contributed by atoms with van der Waals surface area (Å²) < 4.78 is 12.9. The fourth-order valence-corrected chi connectivity index (χ4v) is 1.31.